The van der Waals surface area contributed by atoms with Crippen molar-refractivity contribution in [1.29, 1.82) is 0 Å². The van der Waals surface area contributed by atoms with Crippen LogP contribution in [0, 0.1) is 0 Å². The van der Waals surface area contributed by atoms with E-state index in [0.717, 1.165) is 12.8 Å². The maximum atomic E-state index is 11.5. The number of carbonyl (C=O) groups excluding carboxylic acids is 1. The van der Waals surface area contributed by atoms with Gasteiger partial charge < -0.3 is 4.74 Å². The molecule has 0 aromatic carbocycles. The van der Waals surface area contributed by atoms with E-state index in [1.807, 2.05) is 0 Å². The number of rotatable bonds is 24. The van der Waals surface area contributed by atoms with E-state index in [4.69, 9.17) is 9.29 Å². The number of hydrogen-bond donors (Lipinski definition) is 1. The standard InChI is InChI=1S/C26H50O6S/c1-3-4-5-6-7-8-9-10-11-12-13-14-15-16-17-18-19-20-21-22-23-31-26(27)24-25(2)32-33(28,29)30/h22-23,25H,3-21,24H2,1-2H3,(H,28,29,30). The van der Waals surface area contributed by atoms with Crippen molar-refractivity contribution < 1.29 is 26.7 Å². The molecule has 33 heavy (non-hydrogen) atoms. The SMILES string of the molecule is CCCCCCCCCCCCCCCCCCCCC=COC(=O)CC(C)OS(=O)(=O)O. The fourth-order valence-electron chi connectivity index (χ4n) is 3.88. The highest BCUT2D eigenvalue weighted by Crippen LogP contribution is 2.14. The van der Waals surface area contributed by atoms with Gasteiger partial charge in [0, 0.05) is 0 Å². The first-order valence-electron chi connectivity index (χ1n) is 13.4. The molecule has 0 aromatic heterocycles. The summed E-state index contributed by atoms with van der Waals surface area (Å²) in [6.07, 6.45) is 27.1. The van der Waals surface area contributed by atoms with Crippen LogP contribution in [0.4, 0.5) is 0 Å². The van der Waals surface area contributed by atoms with E-state index < -0.39 is 22.5 Å². The van der Waals surface area contributed by atoms with Gasteiger partial charge >= 0.3 is 16.4 Å². The summed E-state index contributed by atoms with van der Waals surface area (Å²) in [6, 6.07) is 0. The minimum Gasteiger partial charge on any atom is -0.435 e. The van der Waals surface area contributed by atoms with Crippen LogP contribution in [-0.4, -0.2) is 25.0 Å². The van der Waals surface area contributed by atoms with E-state index in [1.54, 1.807) is 6.08 Å². The van der Waals surface area contributed by atoms with Crippen molar-refractivity contribution in [3.05, 3.63) is 12.3 Å². The summed E-state index contributed by atoms with van der Waals surface area (Å²) >= 11 is 0. The van der Waals surface area contributed by atoms with E-state index in [9.17, 15) is 13.2 Å². The van der Waals surface area contributed by atoms with Crippen LogP contribution in [0.25, 0.3) is 0 Å². The highest BCUT2D eigenvalue weighted by atomic mass is 32.3. The molecule has 0 radical (unpaired) electrons. The van der Waals surface area contributed by atoms with Crippen molar-refractivity contribution in [3.8, 4) is 0 Å². The highest BCUT2D eigenvalue weighted by molar-refractivity contribution is 7.80. The summed E-state index contributed by atoms with van der Waals surface area (Å²) in [6.45, 7) is 3.64. The number of esters is 1. The van der Waals surface area contributed by atoms with Crippen molar-refractivity contribution in [2.75, 3.05) is 0 Å². The van der Waals surface area contributed by atoms with Crippen LogP contribution in [0.5, 0.6) is 0 Å². The van der Waals surface area contributed by atoms with Crippen LogP contribution in [0.15, 0.2) is 12.3 Å². The molecule has 1 unspecified atom stereocenters. The Morgan fingerprint density at radius 3 is 1.55 bits per heavy atom. The minimum atomic E-state index is -4.55. The van der Waals surface area contributed by atoms with Crippen molar-refractivity contribution in [1.82, 2.24) is 0 Å². The number of ether oxygens (including phenoxy) is 1. The van der Waals surface area contributed by atoms with Crippen LogP contribution in [0.2, 0.25) is 0 Å². The van der Waals surface area contributed by atoms with Gasteiger partial charge in [-0.05, 0) is 25.8 Å². The average molecular weight is 491 g/mol. The normalized spacial score (nSPS) is 12.9. The molecule has 0 bridgehead atoms. The number of carbonyl (C=O) groups is 1. The Morgan fingerprint density at radius 1 is 0.758 bits per heavy atom. The molecule has 0 aliphatic heterocycles. The molecule has 0 saturated carbocycles. The fraction of sp³-hybridized carbons (Fsp3) is 0.885. The third-order valence-electron chi connectivity index (χ3n) is 5.76. The second kappa shape index (κ2) is 22.9. The topological polar surface area (TPSA) is 89.9 Å². The Labute approximate surface area is 203 Å². The lowest BCUT2D eigenvalue weighted by molar-refractivity contribution is -0.139. The van der Waals surface area contributed by atoms with Gasteiger partial charge in [-0.25, -0.2) is 4.18 Å². The molecule has 0 amide bonds. The third kappa shape index (κ3) is 27.2. The summed E-state index contributed by atoms with van der Waals surface area (Å²) in [5, 5.41) is 0. The zero-order chi connectivity index (χ0) is 24.6. The van der Waals surface area contributed by atoms with Crippen LogP contribution in [-0.2, 0) is 24.1 Å². The van der Waals surface area contributed by atoms with Crippen LogP contribution in [0.1, 0.15) is 142 Å². The average Bonchev–Trinajstić information content (AvgIpc) is 2.73. The van der Waals surface area contributed by atoms with Crippen LogP contribution < -0.4 is 0 Å². The Morgan fingerprint density at radius 2 is 1.15 bits per heavy atom. The van der Waals surface area contributed by atoms with Crippen molar-refractivity contribution >= 4 is 16.4 Å². The number of allylic oxidation sites excluding steroid dienone is 1. The molecule has 7 heteroatoms. The Balaban J connectivity index is 3.30. The molecule has 0 aliphatic rings. The Bertz CT molecular complexity index is 573. The molecule has 0 saturated heterocycles. The lowest BCUT2D eigenvalue weighted by Gasteiger charge is -2.07. The second-order valence-corrected chi connectivity index (χ2v) is 10.2. The maximum Gasteiger partial charge on any atom is 0.397 e. The molecular formula is C26H50O6S. The molecule has 0 rings (SSSR count). The summed E-state index contributed by atoms with van der Waals surface area (Å²) in [7, 11) is -4.55. The largest absolute Gasteiger partial charge is 0.435 e. The van der Waals surface area contributed by atoms with Gasteiger partial charge in [0.1, 0.15) is 0 Å². The fourth-order valence-corrected chi connectivity index (χ4v) is 4.36. The lowest BCUT2D eigenvalue weighted by atomic mass is 10.0. The molecular weight excluding hydrogens is 440 g/mol. The monoisotopic (exact) mass is 490 g/mol. The third-order valence-corrected chi connectivity index (χ3v) is 6.33. The summed E-state index contributed by atoms with van der Waals surface area (Å²) in [5.41, 5.74) is 0. The van der Waals surface area contributed by atoms with Crippen molar-refractivity contribution in [2.45, 2.75) is 148 Å². The quantitative estimate of drug-likeness (QED) is 0.0636. The summed E-state index contributed by atoms with van der Waals surface area (Å²) < 4.78 is 38.8. The zero-order valence-electron chi connectivity index (χ0n) is 21.3. The zero-order valence-corrected chi connectivity index (χ0v) is 22.1. The Kier molecular flexibility index (Phi) is 22.2. The van der Waals surface area contributed by atoms with E-state index in [-0.39, 0.29) is 6.42 Å². The second-order valence-electron chi connectivity index (χ2n) is 9.20. The van der Waals surface area contributed by atoms with Gasteiger partial charge in [-0.1, -0.05) is 116 Å². The molecule has 1 N–H and O–H groups in total. The predicted molar refractivity (Wildman–Crippen MR) is 135 cm³/mol. The molecule has 0 aliphatic carbocycles. The van der Waals surface area contributed by atoms with E-state index in [2.05, 4.69) is 11.1 Å². The summed E-state index contributed by atoms with van der Waals surface area (Å²) in [5.74, 6) is -0.597. The molecule has 0 fully saturated rings. The van der Waals surface area contributed by atoms with Gasteiger partial charge in [0.25, 0.3) is 0 Å². The first-order chi connectivity index (χ1) is 15.8. The number of unbranched alkanes of at least 4 members (excludes halogenated alkanes) is 18. The molecule has 0 spiro atoms. The van der Waals surface area contributed by atoms with Gasteiger partial charge in [0.15, 0.2) is 0 Å². The molecule has 1 atom stereocenters. The van der Waals surface area contributed by atoms with E-state index in [1.165, 1.54) is 122 Å². The van der Waals surface area contributed by atoms with Gasteiger partial charge in [-0.15, -0.1) is 0 Å². The highest BCUT2D eigenvalue weighted by Gasteiger charge is 2.16. The van der Waals surface area contributed by atoms with Crippen LogP contribution >= 0.6 is 0 Å². The molecule has 196 valence electrons. The Hall–Kier alpha value is -0.920. The van der Waals surface area contributed by atoms with Crippen molar-refractivity contribution in [2.24, 2.45) is 0 Å². The lowest BCUT2D eigenvalue weighted by Crippen LogP contribution is -2.18. The smallest absolute Gasteiger partial charge is 0.397 e. The van der Waals surface area contributed by atoms with Crippen molar-refractivity contribution in [3.63, 3.8) is 0 Å². The summed E-state index contributed by atoms with van der Waals surface area (Å²) in [4.78, 5) is 11.5. The van der Waals surface area contributed by atoms with Gasteiger partial charge in [-0.2, -0.15) is 8.42 Å². The minimum absolute atomic E-state index is 0.247. The first-order valence-corrected chi connectivity index (χ1v) is 14.7. The van der Waals surface area contributed by atoms with Gasteiger partial charge in [0.05, 0.1) is 18.8 Å². The van der Waals surface area contributed by atoms with Crippen LogP contribution in [0.3, 0.4) is 0 Å². The van der Waals surface area contributed by atoms with E-state index >= 15 is 0 Å². The number of hydrogen-bond acceptors (Lipinski definition) is 5. The molecule has 0 aromatic rings. The molecule has 6 nitrogen and oxygen atoms in total. The predicted octanol–water partition coefficient (Wildman–Crippen LogP) is 8.07. The van der Waals surface area contributed by atoms with E-state index in [0.29, 0.717) is 0 Å². The molecule has 0 heterocycles. The van der Waals surface area contributed by atoms with Gasteiger partial charge in [0.2, 0.25) is 0 Å². The first kappa shape index (κ1) is 32.1. The maximum absolute atomic E-state index is 11.5. The van der Waals surface area contributed by atoms with Gasteiger partial charge in [-0.3, -0.25) is 9.35 Å².